The third kappa shape index (κ3) is 2.63. The summed E-state index contributed by atoms with van der Waals surface area (Å²) in [4.78, 5) is 2.60. The fourth-order valence-electron chi connectivity index (χ4n) is 5.73. The normalized spacial score (nSPS) is 22.3. The summed E-state index contributed by atoms with van der Waals surface area (Å²) in [5.74, 6) is 1.21. The van der Waals surface area contributed by atoms with Gasteiger partial charge in [-0.3, -0.25) is 4.90 Å². The molecule has 26 heavy (non-hydrogen) atoms. The van der Waals surface area contributed by atoms with Gasteiger partial charge in [-0.2, -0.15) is 0 Å². The lowest BCUT2D eigenvalue weighted by Crippen LogP contribution is -2.59. The summed E-state index contributed by atoms with van der Waals surface area (Å²) in [5, 5.41) is 0. The zero-order valence-corrected chi connectivity index (χ0v) is 17.5. The third-order valence-corrected chi connectivity index (χ3v) is 7.19. The first-order valence-electron chi connectivity index (χ1n) is 10.1. The van der Waals surface area contributed by atoms with Crippen LogP contribution in [0.25, 0.3) is 11.1 Å². The molecule has 0 radical (unpaired) electrons. The van der Waals surface area contributed by atoms with Gasteiger partial charge in [-0.25, -0.2) is 0 Å². The van der Waals surface area contributed by atoms with Gasteiger partial charge in [0.05, 0.1) is 0 Å². The van der Waals surface area contributed by atoms with Gasteiger partial charge in [-0.1, -0.05) is 47.5 Å². The van der Waals surface area contributed by atoms with E-state index in [0.29, 0.717) is 11.8 Å². The van der Waals surface area contributed by atoms with Crippen LogP contribution in [0.15, 0.2) is 36.4 Å². The predicted molar refractivity (Wildman–Crippen MR) is 112 cm³/mol. The number of aryl methyl sites for hydroxylation is 2. The molecule has 0 atom stereocenters. The molecule has 0 saturated carbocycles. The van der Waals surface area contributed by atoms with Crippen molar-refractivity contribution in [3.05, 3.63) is 58.7 Å². The van der Waals surface area contributed by atoms with Crippen molar-refractivity contribution in [1.82, 2.24) is 4.90 Å². The largest absolute Gasteiger partial charge is 0.296 e. The Balaban J connectivity index is 1.86. The molecule has 1 aliphatic carbocycles. The van der Waals surface area contributed by atoms with Gasteiger partial charge in [-0.05, 0) is 89.6 Å². The van der Waals surface area contributed by atoms with E-state index in [-0.39, 0.29) is 11.1 Å². The van der Waals surface area contributed by atoms with Gasteiger partial charge >= 0.3 is 0 Å². The summed E-state index contributed by atoms with van der Waals surface area (Å²) < 4.78 is 0. The molecule has 1 heteroatoms. The molecule has 0 amide bonds. The molecule has 2 aromatic rings. The number of hydrogen-bond acceptors (Lipinski definition) is 1. The van der Waals surface area contributed by atoms with E-state index in [9.17, 15) is 0 Å². The number of hydrogen-bond donors (Lipinski definition) is 0. The molecule has 0 N–H and O–H groups in total. The number of nitrogens with zero attached hydrogens (tertiary/aromatic N) is 1. The van der Waals surface area contributed by atoms with Gasteiger partial charge in [0.25, 0.3) is 0 Å². The molecule has 1 saturated heterocycles. The van der Waals surface area contributed by atoms with E-state index < -0.39 is 0 Å². The van der Waals surface area contributed by atoms with Crippen LogP contribution < -0.4 is 0 Å². The summed E-state index contributed by atoms with van der Waals surface area (Å²) in [5.41, 5.74) is 9.26. The van der Waals surface area contributed by atoms with Gasteiger partial charge in [0, 0.05) is 17.0 Å². The Labute approximate surface area is 159 Å². The van der Waals surface area contributed by atoms with Crippen LogP contribution in [-0.2, 0) is 0 Å². The van der Waals surface area contributed by atoms with Gasteiger partial charge in [0.15, 0.2) is 0 Å². The van der Waals surface area contributed by atoms with Crippen LogP contribution in [0.3, 0.4) is 0 Å². The van der Waals surface area contributed by atoms with Crippen molar-refractivity contribution in [2.45, 2.75) is 71.4 Å². The predicted octanol–water partition coefficient (Wildman–Crippen LogP) is 6.31. The fraction of sp³-hybridized carbons (Fsp3) is 0.520. The second-order valence-corrected chi connectivity index (χ2v) is 10.0. The van der Waals surface area contributed by atoms with Gasteiger partial charge in [-0.15, -0.1) is 0 Å². The average Bonchev–Trinajstić information content (AvgIpc) is 2.84. The first-order chi connectivity index (χ1) is 12.1. The van der Waals surface area contributed by atoms with E-state index in [1.54, 1.807) is 11.1 Å². The molecule has 1 nitrogen and oxygen atoms in total. The minimum absolute atomic E-state index is 0.225. The zero-order chi connectivity index (χ0) is 18.9. The standard InChI is InChI=1S/C25H33N/c1-16-8-10-19-20-11-9-17(2)13-22(20)23(21(19)12-16)18-14-24(3,4)26(7)25(5,6)15-18/h8-13,18,23H,14-15H2,1-7H3. The highest BCUT2D eigenvalue weighted by Gasteiger charge is 2.47. The third-order valence-electron chi connectivity index (χ3n) is 7.19. The Morgan fingerprint density at radius 1 is 0.769 bits per heavy atom. The highest BCUT2D eigenvalue weighted by molar-refractivity contribution is 5.79. The Bertz CT molecular complexity index is 789. The molecule has 0 unspecified atom stereocenters. The van der Waals surface area contributed by atoms with Crippen LogP contribution in [0.5, 0.6) is 0 Å². The lowest BCUT2D eigenvalue weighted by atomic mass is 9.67. The van der Waals surface area contributed by atoms with Crippen LogP contribution in [0.4, 0.5) is 0 Å². The van der Waals surface area contributed by atoms with Crippen LogP contribution in [0, 0.1) is 19.8 Å². The average molecular weight is 348 g/mol. The molecule has 1 aliphatic heterocycles. The number of rotatable bonds is 1. The maximum atomic E-state index is 2.60. The molecule has 0 bridgehead atoms. The molecule has 2 aromatic carbocycles. The minimum atomic E-state index is 0.225. The molecule has 0 spiro atoms. The van der Waals surface area contributed by atoms with Gasteiger partial charge < -0.3 is 0 Å². The van der Waals surface area contributed by atoms with Crippen molar-refractivity contribution in [1.29, 1.82) is 0 Å². The number of likely N-dealkylation sites (tertiary alicyclic amines) is 1. The maximum absolute atomic E-state index is 2.60. The highest BCUT2D eigenvalue weighted by Crippen LogP contribution is 2.54. The van der Waals surface area contributed by atoms with Crippen molar-refractivity contribution in [3.63, 3.8) is 0 Å². The Kier molecular flexibility index (Phi) is 3.90. The summed E-state index contributed by atoms with van der Waals surface area (Å²) in [6.07, 6.45) is 2.50. The molecule has 1 fully saturated rings. The second-order valence-electron chi connectivity index (χ2n) is 10.0. The Morgan fingerprint density at radius 2 is 1.19 bits per heavy atom. The maximum Gasteiger partial charge on any atom is 0.0158 e. The monoisotopic (exact) mass is 347 g/mol. The lowest BCUT2D eigenvalue weighted by molar-refractivity contribution is -0.0332. The SMILES string of the molecule is Cc1ccc2c(c1)C(C1CC(C)(C)N(C)C(C)(C)C1)c1cc(C)ccc1-2. The molecule has 4 rings (SSSR count). The number of fused-ring (bicyclic) bond motifs is 3. The Hall–Kier alpha value is -1.60. The van der Waals surface area contributed by atoms with Crippen LogP contribution in [0.2, 0.25) is 0 Å². The summed E-state index contributed by atoms with van der Waals surface area (Å²) in [6.45, 7) is 14.1. The fourth-order valence-corrected chi connectivity index (χ4v) is 5.73. The molecule has 2 aliphatic rings. The highest BCUT2D eigenvalue weighted by atomic mass is 15.2. The van der Waals surface area contributed by atoms with E-state index in [1.807, 2.05) is 0 Å². The van der Waals surface area contributed by atoms with Crippen molar-refractivity contribution in [2.75, 3.05) is 7.05 Å². The van der Waals surface area contributed by atoms with Crippen molar-refractivity contribution in [3.8, 4) is 11.1 Å². The van der Waals surface area contributed by atoms with E-state index in [4.69, 9.17) is 0 Å². The number of benzene rings is 2. The minimum Gasteiger partial charge on any atom is -0.296 e. The molecular weight excluding hydrogens is 314 g/mol. The molecular formula is C25H33N. The van der Waals surface area contributed by atoms with E-state index in [0.717, 1.165) is 0 Å². The van der Waals surface area contributed by atoms with Crippen LogP contribution >= 0.6 is 0 Å². The van der Waals surface area contributed by atoms with Crippen molar-refractivity contribution in [2.24, 2.45) is 5.92 Å². The molecule has 138 valence electrons. The first-order valence-corrected chi connectivity index (χ1v) is 10.1. The smallest absolute Gasteiger partial charge is 0.0158 e. The summed E-state index contributed by atoms with van der Waals surface area (Å²) >= 11 is 0. The van der Waals surface area contributed by atoms with Crippen molar-refractivity contribution >= 4 is 0 Å². The van der Waals surface area contributed by atoms with Crippen molar-refractivity contribution < 1.29 is 0 Å². The molecule has 1 heterocycles. The Morgan fingerprint density at radius 3 is 1.62 bits per heavy atom. The van der Waals surface area contributed by atoms with E-state index >= 15 is 0 Å². The summed E-state index contributed by atoms with van der Waals surface area (Å²) in [6, 6.07) is 14.1. The topological polar surface area (TPSA) is 3.24 Å². The zero-order valence-electron chi connectivity index (χ0n) is 17.5. The van der Waals surface area contributed by atoms with Gasteiger partial charge in [0.1, 0.15) is 0 Å². The van der Waals surface area contributed by atoms with Crippen LogP contribution in [0.1, 0.15) is 68.7 Å². The van der Waals surface area contributed by atoms with Gasteiger partial charge in [0.2, 0.25) is 0 Å². The molecule has 0 aromatic heterocycles. The number of piperidine rings is 1. The lowest BCUT2D eigenvalue weighted by Gasteiger charge is -2.55. The van der Waals surface area contributed by atoms with E-state index in [2.05, 4.69) is 89.9 Å². The quantitative estimate of drug-likeness (QED) is 0.584. The second kappa shape index (κ2) is 5.70. The van der Waals surface area contributed by atoms with E-state index in [1.165, 1.54) is 35.1 Å². The first kappa shape index (κ1) is 17.8. The van der Waals surface area contributed by atoms with Crippen LogP contribution in [-0.4, -0.2) is 23.0 Å². The summed E-state index contributed by atoms with van der Waals surface area (Å²) in [7, 11) is 2.31.